The Bertz CT molecular complexity index is 986. The molecule has 0 spiro atoms. The van der Waals surface area contributed by atoms with Gasteiger partial charge in [-0.15, -0.1) is 0 Å². The van der Waals surface area contributed by atoms with E-state index in [1.54, 1.807) is 30.6 Å². The number of amides is 1. The molecule has 1 amide bonds. The average molecular weight is 425 g/mol. The summed E-state index contributed by atoms with van der Waals surface area (Å²) in [6.07, 6.45) is 3.17. The van der Waals surface area contributed by atoms with Gasteiger partial charge in [-0.3, -0.25) is 14.6 Å². The van der Waals surface area contributed by atoms with Crippen molar-refractivity contribution in [2.75, 3.05) is 33.3 Å². The van der Waals surface area contributed by atoms with Crippen molar-refractivity contribution < 1.29 is 24.5 Å². The largest absolute Gasteiger partial charge is 0.507 e. The fourth-order valence-electron chi connectivity index (χ4n) is 3.77. The van der Waals surface area contributed by atoms with Crippen LogP contribution < -0.4 is 4.74 Å². The van der Waals surface area contributed by atoms with Crippen molar-refractivity contribution >= 4 is 17.4 Å². The van der Waals surface area contributed by atoms with Gasteiger partial charge in [-0.05, 0) is 36.9 Å². The minimum Gasteiger partial charge on any atom is -0.507 e. The summed E-state index contributed by atoms with van der Waals surface area (Å²) < 4.78 is 5.08. The SMILES string of the molecule is CCN(CC)CCN1C(=O)C(=O)C(=C(O)c2ccc(OC)cc2O)C1c1cccnc1. The van der Waals surface area contributed by atoms with Gasteiger partial charge in [-0.1, -0.05) is 19.9 Å². The molecule has 0 bridgehead atoms. The van der Waals surface area contributed by atoms with Crippen LogP contribution in [0.3, 0.4) is 0 Å². The number of carbonyl (C=O) groups is 2. The number of ether oxygens (including phenoxy) is 1. The van der Waals surface area contributed by atoms with Gasteiger partial charge in [0, 0.05) is 31.5 Å². The van der Waals surface area contributed by atoms with Crippen LogP contribution in [0.4, 0.5) is 0 Å². The highest BCUT2D eigenvalue weighted by Crippen LogP contribution is 2.40. The summed E-state index contributed by atoms with van der Waals surface area (Å²) in [4.78, 5) is 33.6. The lowest BCUT2D eigenvalue weighted by Gasteiger charge is -2.28. The average Bonchev–Trinajstić information content (AvgIpc) is 3.04. The van der Waals surface area contributed by atoms with Crippen LogP contribution in [0, 0.1) is 0 Å². The highest BCUT2D eigenvalue weighted by atomic mass is 16.5. The number of hydrogen-bond donors (Lipinski definition) is 2. The standard InChI is InChI=1S/C23H27N3O5/c1-4-25(5-2)11-12-26-20(15-7-6-10-24-14-15)19(22(29)23(26)30)21(28)17-9-8-16(31-3)13-18(17)27/h6-10,13-14,20,27-28H,4-5,11-12H2,1-3H3. The number of carbonyl (C=O) groups excluding carboxylic acids is 2. The molecule has 1 atom stereocenters. The summed E-state index contributed by atoms with van der Waals surface area (Å²) in [7, 11) is 1.46. The number of benzene rings is 1. The summed E-state index contributed by atoms with van der Waals surface area (Å²) in [6.45, 7) is 6.60. The third kappa shape index (κ3) is 4.39. The number of likely N-dealkylation sites (N-methyl/N-ethyl adjacent to an activating group) is 1. The Morgan fingerprint density at radius 3 is 2.55 bits per heavy atom. The van der Waals surface area contributed by atoms with Crippen molar-refractivity contribution in [3.63, 3.8) is 0 Å². The number of pyridine rings is 1. The van der Waals surface area contributed by atoms with E-state index >= 15 is 0 Å². The van der Waals surface area contributed by atoms with Crippen LogP contribution in [0.1, 0.15) is 31.0 Å². The number of aliphatic hydroxyl groups excluding tert-OH is 1. The van der Waals surface area contributed by atoms with Crippen LogP contribution in [0.5, 0.6) is 11.5 Å². The van der Waals surface area contributed by atoms with Gasteiger partial charge in [0.05, 0.1) is 24.3 Å². The summed E-state index contributed by atoms with van der Waals surface area (Å²) in [5.41, 5.74) is 0.588. The van der Waals surface area contributed by atoms with Gasteiger partial charge in [0.25, 0.3) is 11.7 Å². The zero-order valence-corrected chi connectivity index (χ0v) is 17.9. The fourth-order valence-corrected chi connectivity index (χ4v) is 3.77. The number of nitrogens with zero attached hydrogens (tertiary/aromatic N) is 3. The Labute approximate surface area is 181 Å². The number of rotatable bonds is 8. The second kappa shape index (κ2) is 9.61. The molecular formula is C23H27N3O5. The second-order valence-electron chi connectivity index (χ2n) is 7.19. The van der Waals surface area contributed by atoms with Gasteiger partial charge in [0.15, 0.2) is 0 Å². The van der Waals surface area contributed by atoms with Crippen LogP contribution in [0.15, 0.2) is 48.3 Å². The molecule has 0 radical (unpaired) electrons. The first kappa shape index (κ1) is 22.3. The molecule has 8 heteroatoms. The highest BCUT2D eigenvalue weighted by Gasteiger charge is 2.46. The molecule has 2 heterocycles. The molecule has 1 aliphatic heterocycles. The summed E-state index contributed by atoms with van der Waals surface area (Å²) in [5, 5.41) is 21.4. The Balaban J connectivity index is 2.10. The lowest BCUT2D eigenvalue weighted by molar-refractivity contribution is -0.140. The molecule has 1 saturated heterocycles. The summed E-state index contributed by atoms with van der Waals surface area (Å²) in [6, 6.07) is 7.02. The maximum atomic E-state index is 13.0. The maximum Gasteiger partial charge on any atom is 0.295 e. The van der Waals surface area contributed by atoms with Crippen molar-refractivity contribution in [3.05, 3.63) is 59.4 Å². The molecular weight excluding hydrogens is 398 g/mol. The van der Waals surface area contributed by atoms with Crippen LogP contribution in [-0.2, 0) is 9.59 Å². The second-order valence-corrected chi connectivity index (χ2v) is 7.19. The molecule has 1 unspecified atom stereocenters. The molecule has 1 aromatic carbocycles. The number of likely N-dealkylation sites (tertiary alicyclic amines) is 1. The van der Waals surface area contributed by atoms with Crippen LogP contribution in [0.25, 0.3) is 5.76 Å². The van der Waals surface area contributed by atoms with E-state index < -0.39 is 23.5 Å². The number of methoxy groups -OCH3 is 1. The van der Waals surface area contributed by atoms with Crippen molar-refractivity contribution in [3.8, 4) is 11.5 Å². The molecule has 164 valence electrons. The van der Waals surface area contributed by atoms with Crippen molar-refractivity contribution in [1.82, 2.24) is 14.8 Å². The smallest absolute Gasteiger partial charge is 0.295 e. The summed E-state index contributed by atoms with van der Waals surface area (Å²) in [5.74, 6) is -1.76. The number of aliphatic hydroxyl groups is 1. The van der Waals surface area contributed by atoms with Crippen molar-refractivity contribution in [2.24, 2.45) is 0 Å². The van der Waals surface area contributed by atoms with Gasteiger partial charge < -0.3 is 24.7 Å². The van der Waals surface area contributed by atoms with E-state index in [9.17, 15) is 19.8 Å². The molecule has 8 nitrogen and oxygen atoms in total. The Kier molecular flexibility index (Phi) is 6.91. The molecule has 2 aromatic rings. The van der Waals surface area contributed by atoms with E-state index in [-0.39, 0.29) is 16.9 Å². The van der Waals surface area contributed by atoms with E-state index in [1.807, 2.05) is 13.8 Å². The number of phenols is 1. The number of ketones is 1. The van der Waals surface area contributed by atoms with Crippen LogP contribution in [0.2, 0.25) is 0 Å². The van der Waals surface area contributed by atoms with Gasteiger partial charge in [-0.25, -0.2) is 0 Å². The monoisotopic (exact) mass is 425 g/mol. The number of aromatic hydroxyl groups is 1. The Hall–Kier alpha value is -3.39. The predicted molar refractivity (Wildman–Crippen MR) is 116 cm³/mol. The number of aromatic nitrogens is 1. The first-order valence-electron chi connectivity index (χ1n) is 10.2. The van der Waals surface area contributed by atoms with Gasteiger partial charge in [0.1, 0.15) is 17.3 Å². The molecule has 0 aliphatic carbocycles. The van der Waals surface area contributed by atoms with Gasteiger partial charge >= 0.3 is 0 Å². The lowest BCUT2D eigenvalue weighted by Crippen LogP contribution is -2.38. The normalized spacial score (nSPS) is 18.1. The molecule has 1 aliphatic rings. The first-order chi connectivity index (χ1) is 14.9. The molecule has 2 N–H and O–H groups in total. The van der Waals surface area contributed by atoms with Gasteiger partial charge in [0.2, 0.25) is 0 Å². The van der Waals surface area contributed by atoms with Crippen LogP contribution in [-0.4, -0.2) is 70.0 Å². The van der Waals surface area contributed by atoms with Crippen molar-refractivity contribution in [2.45, 2.75) is 19.9 Å². The Morgan fingerprint density at radius 2 is 1.97 bits per heavy atom. The first-order valence-corrected chi connectivity index (χ1v) is 10.2. The fraction of sp³-hybridized carbons (Fsp3) is 0.348. The molecule has 3 rings (SSSR count). The third-order valence-electron chi connectivity index (χ3n) is 5.55. The van der Waals surface area contributed by atoms with E-state index in [0.29, 0.717) is 24.4 Å². The topological polar surface area (TPSA) is 103 Å². The zero-order chi connectivity index (χ0) is 22.5. The summed E-state index contributed by atoms with van der Waals surface area (Å²) >= 11 is 0. The molecule has 1 aromatic heterocycles. The molecule has 1 fully saturated rings. The molecule has 31 heavy (non-hydrogen) atoms. The van der Waals surface area contributed by atoms with Crippen molar-refractivity contribution in [1.29, 1.82) is 0 Å². The Morgan fingerprint density at radius 1 is 1.23 bits per heavy atom. The zero-order valence-electron chi connectivity index (χ0n) is 17.9. The van der Waals surface area contributed by atoms with E-state index in [2.05, 4.69) is 9.88 Å². The maximum absolute atomic E-state index is 13.0. The minimum absolute atomic E-state index is 0.0523. The highest BCUT2D eigenvalue weighted by molar-refractivity contribution is 6.46. The van der Waals surface area contributed by atoms with E-state index in [4.69, 9.17) is 4.74 Å². The lowest BCUT2D eigenvalue weighted by atomic mass is 9.96. The number of phenolic OH excluding ortho intramolecular Hbond substituents is 1. The minimum atomic E-state index is -0.800. The molecule has 0 saturated carbocycles. The number of hydrogen-bond acceptors (Lipinski definition) is 7. The third-order valence-corrected chi connectivity index (χ3v) is 5.55. The number of Topliss-reactive ketones (excluding diaryl/α,β-unsaturated/α-hetero) is 1. The van der Waals surface area contributed by atoms with E-state index in [0.717, 1.165) is 13.1 Å². The van der Waals surface area contributed by atoms with Crippen LogP contribution >= 0.6 is 0 Å². The quantitative estimate of drug-likeness (QED) is 0.381. The predicted octanol–water partition coefficient (Wildman–Crippen LogP) is 2.56. The van der Waals surface area contributed by atoms with E-state index in [1.165, 1.54) is 24.1 Å². The van der Waals surface area contributed by atoms with Gasteiger partial charge in [-0.2, -0.15) is 0 Å².